The van der Waals surface area contributed by atoms with Crippen LogP contribution in [0.5, 0.6) is 0 Å². The normalized spacial score (nSPS) is 12.3. The summed E-state index contributed by atoms with van der Waals surface area (Å²) in [5.74, 6) is 0. The Bertz CT molecular complexity index is 4600. The number of para-hydroxylation sites is 5. The van der Waals surface area contributed by atoms with Crippen LogP contribution in [-0.2, 0) is 0 Å². The van der Waals surface area contributed by atoms with E-state index in [1.54, 1.807) is 0 Å². The molecule has 0 aliphatic carbocycles. The lowest BCUT2D eigenvalue weighted by molar-refractivity contribution is 0.669. The fourth-order valence-electron chi connectivity index (χ4n) is 11.3. The molecule has 306 valence electrons. The van der Waals surface area contributed by atoms with Gasteiger partial charge in [0, 0.05) is 65.2 Å². The number of fused-ring (bicyclic) bond motifs is 14. The van der Waals surface area contributed by atoms with Crippen molar-refractivity contribution in [1.82, 2.24) is 13.5 Å². The van der Waals surface area contributed by atoms with Gasteiger partial charge in [-0.1, -0.05) is 121 Å². The van der Waals surface area contributed by atoms with Gasteiger partial charge in [0.25, 0.3) is 5.56 Å². The van der Waals surface area contributed by atoms with E-state index < -0.39 is 0 Å². The molecule has 0 amide bonds. The number of aromatic nitrogens is 3. The summed E-state index contributed by atoms with van der Waals surface area (Å²) in [5, 5.41) is 11.9. The molecule has 0 radical (unpaired) electrons. The molecule has 0 saturated carbocycles. The average Bonchev–Trinajstić information content (AvgIpc) is 4.12. The van der Waals surface area contributed by atoms with E-state index in [-0.39, 0.29) is 5.56 Å². The van der Waals surface area contributed by atoms with E-state index >= 15 is 0 Å². The Balaban J connectivity index is 0.895. The molecule has 5 nitrogen and oxygen atoms in total. The van der Waals surface area contributed by atoms with Crippen molar-refractivity contribution < 1.29 is 4.42 Å². The van der Waals surface area contributed by atoms with Crippen LogP contribution in [0, 0.1) is 0 Å². The summed E-state index contributed by atoms with van der Waals surface area (Å²) < 4.78 is 13.2. The second-order valence-electron chi connectivity index (χ2n) is 17.6. The number of rotatable bonds is 4. The van der Waals surface area contributed by atoms with Gasteiger partial charge in [0.2, 0.25) is 0 Å². The first-order chi connectivity index (χ1) is 32.7. The van der Waals surface area contributed by atoms with Crippen molar-refractivity contribution in [2.75, 3.05) is 0 Å². The lowest BCUT2D eigenvalue weighted by Crippen LogP contribution is -2.12. The molecule has 15 aromatic rings. The predicted molar refractivity (Wildman–Crippen MR) is 274 cm³/mol. The van der Waals surface area contributed by atoms with Crippen molar-refractivity contribution in [3.8, 4) is 33.6 Å². The van der Waals surface area contributed by atoms with Gasteiger partial charge in [-0.05, 0) is 119 Å². The second-order valence-corrected chi connectivity index (χ2v) is 17.6. The molecule has 0 unspecified atom stereocenters. The van der Waals surface area contributed by atoms with Crippen molar-refractivity contribution in [3.05, 3.63) is 223 Å². The molecule has 0 fully saturated rings. The summed E-state index contributed by atoms with van der Waals surface area (Å²) in [7, 11) is 0. The minimum absolute atomic E-state index is 0.00424. The highest BCUT2D eigenvalue weighted by molar-refractivity contribution is 6.21. The molecule has 0 bridgehead atoms. The Hall–Kier alpha value is -8.93. The minimum atomic E-state index is 0.00424. The maximum atomic E-state index is 14.3. The van der Waals surface area contributed by atoms with Gasteiger partial charge in [-0.15, -0.1) is 0 Å². The lowest BCUT2D eigenvalue weighted by Gasteiger charge is -2.11. The lowest BCUT2D eigenvalue weighted by atomic mass is 9.95. The summed E-state index contributed by atoms with van der Waals surface area (Å²) in [6, 6.07) is 75.5. The van der Waals surface area contributed by atoms with Gasteiger partial charge in [0.1, 0.15) is 11.2 Å². The van der Waals surface area contributed by atoms with E-state index in [0.29, 0.717) is 5.39 Å². The largest absolute Gasteiger partial charge is 0.456 e. The Morgan fingerprint density at radius 1 is 0.318 bits per heavy atom. The highest BCUT2D eigenvalue weighted by atomic mass is 16.3. The van der Waals surface area contributed by atoms with E-state index in [0.717, 1.165) is 88.1 Å². The molecule has 15 rings (SSSR count). The Labute approximate surface area is 376 Å². The average molecular weight is 842 g/mol. The highest BCUT2D eigenvalue weighted by Gasteiger charge is 2.21. The maximum absolute atomic E-state index is 14.3. The first kappa shape index (κ1) is 35.5. The molecule has 0 aliphatic rings. The van der Waals surface area contributed by atoms with Gasteiger partial charge in [0.15, 0.2) is 0 Å². The van der Waals surface area contributed by atoms with Crippen LogP contribution in [0.3, 0.4) is 0 Å². The summed E-state index contributed by atoms with van der Waals surface area (Å²) in [5.41, 5.74) is 14.9. The number of pyridine rings is 1. The van der Waals surface area contributed by atoms with Crippen molar-refractivity contribution >= 4 is 104 Å². The van der Waals surface area contributed by atoms with Gasteiger partial charge in [-0.2, -0.15) is 0 Å². The number of nitrogens with zero attached hydrogens (tertiary/aromatic N) is 3. The summed E-state index contributed by atoms with van der Waals surface area (Å²) in [6.07, 6.45) is 0. The first-order valence-corrected chi connectivity index (χ1v) is 22.5. The van der Waals surface area contributed by atoms with E-state index in [2.05, 4.69) is 197 Å². The van der Waals surface area contributed by atoms with Gasteiger partial charge in [-0.3, -0.25) is 9.20 Å². The second kappa shape index (κ2) is 13.1. The van der Waals surface area contributed by atoms with Crippen molar-refractivity contribution in [1.29, 1.82) is 0 Å². The number of benzene rings is 10. The number of hydrogen-bond donors (Lipinski definition) is 0. The first-order valence-electron chi connectivity index (χ1n) is 22.5. The molecule has 5 heterocycles. The van der Waals surface area contributed by atoms with Gasteiger partial charge < -0.3 is 13.6 Å². The fraction of sp³-hybridized carbons (Fsp3) is 0. The van der Waals surface area contributed by atoms with E-state index in [1.807, 2.05) is 28.7 Å². The Kier molecular flexibility index (Phi) is 7.03. The quantitative estimate of drug-likeness (QED) is 0.166. The zero-order chi connectivity index (χ0) is 43.2. The molecule has 66 heavy (non-hydrogen) atoms. The zero-order valence-electron chi connectivity index (χ0n) is 35.4. The molecule has 0 atom stereocenters. The standard InChI is InChI=1S/C61H35N3O2/c65-61-47-28-24-38(34-48(47)46-19-10-18-45-42-14-4-9-22-54(42)64(61)60(45)46)41-17-11-23-58-59(41)51-35-40(27-31-57(51)66-58)63-53-21-8-6-16-44(53)50-33-37(26-30-56(50)63)36-25-29-55-49(32-36)43-15-5-7-20-52(43)62(55)39-12-2-1-3-13-39/h1-35H. The van der Waals surface area contributed by atoms with Crippen LogP contribution in [0.2, 0.25) is 0 Å². The Morgan fingerprint density at radius 3 is 1.58 bits per heavy atom. The molecular weight excluding hydrogens is 807 g/mol. The van der Waals surface area contributed by atoms with Crippen LogP contribution in [-0.4, -0.2) is 13.5 Å². The molecule has 0 saturated heterocycles. The van der Waals surface area contributed by atoms with Crippen molar-refractivity contribution in [2.24, 2.45) is 0 Å². The smallest absolute Gasteiger partial charge is 0.263 e. The van der Waals surface area contributed by atoms with Crippen LogP contribution in [0.15, 0.2) is 222 Å². The van der Waals surface area contributed by atoms with E-state index in [9.17, 15) is 4.79 Å². The van der Waals surface area contributed by atoms with Crippen molar-refractivity contribution in [2.45, 2.75) is 0 Å². The molecule has 5 heteroatoms. The van der Waals surface area contributed by atoms with E-state index in [1.165, 1.54) is 43.7 Å². The van der Waals surface area contributed by atoms with Crippen LogP contribution >= 0.6 is 0 Å². The monoisotopic (exact) mass is 841 g/mol. The van der Waals surface area contributed by atoms with Crippen LogP contribution in [0.1, 0.15) is 0 Å². The molecule has 0 N–H and O–H groups in total. The van der Waals surface area contributed by atoms with Gasteiger partial charge >= 0.3 is 0 Å². The van der Waals surface area contributed by atoms with Gasteiger partial charge in [0.05, 0.1) is 33.1 Å². The summed E-state index contributed by atoms with van der Waals surface area (Å²) in [4.78, 5) is 14.3. The predicted octanol–water partition coefficient (Wildman–Crippen LogP) is 15.6. The van der Waals surface area contributed by atoms with Crippen LogP contribution in [0.4, 0.5) is 0 Å². The Morgan fingerprint density at radius 2 is 0.864 bits per heavy atom. The van der Waals surface area contributed by atoms with Crippen LogP contribution < -0.4 is 5.56 Å². The molecule has 10 aromatic carbocycles. The van der Waals surface area contributed by atoms with Crippen LogP contribution in [0.25, 0.3) is 137 Å². The molecular formula is C61H35N3O2. The number of furan rings is 1. The van der Waals surface area contributed by atoms with Gasteiger partial charge in [-0.25, -0.2) is 0 Å². The summed E-state index contributed by atoms with van der Waals surface area (Å²) in [6.45, 7) is 0. The molecule has 0 aliphatic heterocycles. The fourth-order valence-corrected chi connectivity index (χ4v) is 11.3. The third-order valence-electron chi connectivity index (χ3n) is 14.2. The topological polar surface area (TPSA) is 44.5 Å². The van der Waals surface area contributed by atoms with E-state index in [4.69, 9.17) is 4.42 Å². The minimum Gasteiger partial charge on any atom is -0.456 e. The maximum Gasteiger partial charge on any atom is 0.263 e. The third-order valence-corrected chi connectivity index (χ3v) is 14.2. The summed E-state index contributed by atoms with van der Waals surface area (Å²) >= 11 is 0. The molecule has 0 spiro atoms. The highest BCUT2D eigenvalue weighted by Crippen LogP contribution is 2.43. The van der Waals surface area contributed by atoms with Crippen molar-refractivity contribution in [3.63, 3.8) is 0 Å². The molecule has 5 aromatic heterocycles. The number of hydrogen-bond acceptors (Lipinski definition) is 2. The third kappa shape index (κ3) is 4.75. The zero-order valence-corrected chi connectivity index (χ0v) is 35.4. The SMILES string of the molecule is O=c1c2ccc(-c3cccc4oc5ccc(-n6c7ccccc7c7cc(-c8ccc9c(c8)c8ccccc8n9-c8ccccc8)ccc76)cc5c34)cc2c2cccc3c4ccccc4n1c23.